The molecule has 2 aromatic heterocycles. The lowest BCUT2D eigenvalue weighted by Gasteiger charge is -1.85. The first-order chi connectivity index (χ1) is 5.75. The SMILES string of the molecule is Cn1cc(-c2ccn(C)n2)nn1. The zero-order valence-corrected chi connectivity index (χ0v) is 6.97. The van der Waals surface area contributed by atoms with Gasteiger partial charge in [-0.25, -0.2) is 0 Å². The van der Waals surface area contributed by atoms with E-state index in [2.05, 4.69) is 15.4 Å². The van der Waals surface area contributed by atoms with Gasteiger partial charge in [-0.15, -0.1) is 5.10 Å². The Morgan fingerprint density at radius 3 is 2.50 bits per heavy atom. The van der Waals surface area contributed by atoms with Crippen LogP contribution in [0.15, 0.2) is 18.5 Å². The third-order valence-electron chi connectivity index (χ3n) is 1.58. The van der Waals surface area contributed by atoms with Gasteiger partial charge >= 0.3 is 0 Å². The summed E-state index contributed by atoms with van der Waals surface area (Å²) in [4.78, 5) is 0. The lowest BCUT2D eigenvalue weighted by molar-refractivity contribution is 0.715. The van der Waals surface area contributed by atoms with Crippen molar-refractivity contribution in [1.82, 2.24) is 24.8 Å². The van der Waals surface area contributed by atoms with Gasteiger partial charge in [0.1, 0.15) is 11.4 Å². The highest BCUT2D eigenvalue weighted by Crippen LogP contribution is 2.11. The normalized spacial score (nSPS) is 10.5. The van der Waals surface area contributed by atoms with Crippen molar-refractivity contribution in [2.24, 2.45) is 14.1 Å². The second-order valence-corrected chi connectivity index (χ2v) is 2.65. The van der Waals surface area contributed by atoms with E-state index in [4.69, 9.17) is 0 Å². The smallest absolute Gasteiger partial charge is 0.133 e. The van der Waals surface area contributed by atoms with Crippen LogP contribution in [-0.2, 0) is 14.1 Å². The molecule has 2 rings (SSSR count). The molecule has 0 N–H and O–H groups in total. The Bertz CT molecular complexity index is 348. The van der Waals surface area contributed by atoms with Crippen LogP contribution in [0.5, 0.6) is 0 Å². The summed E-state index contributed by atoms with van der Waals surface area (Å²) in [6.07, 6.45) is 3.71. The summed E-state index contributed by atoms with van der Waals surface area (Å²) < 4.78 is 3.40. The average molecular weight is 163 g/mol. The van der Waals surface area contributed by atoms with Crippen molar-refractivity contribution < 1.29 is 0 Å². The van der Waals surface area contributed by atoms with Gasteiger partial charge in [0.2, 0.25) is 0 Å². The summed E-state index contributed by atoms with van der Waals surface area (Å²) in [5.74, 6) is 0. The predicted molar refractivity (Wildman–Crippen MR) is 43.2 cm³/mol. The molecule has 0 atom stereocenters. The Kier molecular flexibility index (Phi) is 1.43. The minimum atomic E-state index is 0.804. The van der Waals surface area contributed by atoms with E-state index in [1.165, 1.54) is 0 Å². The Labute approximate surface area is 69.6 Å². The van der Waals surface area contributed by atoms with Crippen molar-refractivity contribution in [3.8, 4) is 11.4 Å². The van der Waals surface area contributed by atoms with Gasteiger partial charge in [-0.3, -0.25) is 9.36 Å². The molecule has 0 radical (unpaired) electrons. The summed E-state index contributed by atoms with van der Waals surface area (Å²) in [5, 5.41) is 12.0. The van der Waals surface area contributed by atoms with Crippen LogP contribution in [-0.4, -0.2) is 24.8 Å². The van der Waals surface area contributed by atoms with Gasteiger partial charge < -0.3 is 0 Å². The van der Waals surface area contributed by atoms with Gasteiger partial charge in [0.05, 0.1) is 6.20 Å². The predicted octanol–water partition coefficient (Wildman–Crippen LogP) is 0.216. The van der Waals surface area contributed by atoms with Crippen LogP contribution in [0.25, 0.3) is 11.4 Å². The molecule has 0 aliphatic carbocycles. The van der Waals surface area contributed by atoms with Crippen molar-refractivity contribution in [2.45, 2.75) is 0 Å². The fourth-order valence-electron chi connectivity index (χ4n) is 1.02. The molecule has 0 unspecified atom stereocenters. The van der Waals surface area contributed by atoms with E-state index in [9.17, 15) is 0 Å². The van der Waals surface area contributed by atoms with E-state index in [1.54, 1.807) is 9.36 Å². The Morgan fingerprint density at radius 1 is 1.17 bits per heavy atom. The topological polar surface area (TPSA) is 48.5 Å². The van der Waals surface area contributed by atoms with E-state index >= 15 is 0 Å². The van der Waals surface area contributed by atoms with E-state index in [0.717, 1.165) is 11.4 Å². The molecule has 2 aromatic rings. The first-order valence-electron chi connectivity index (χ1n) is 3.62. The van der Waals surface area contributed by atoms with Crippen LogP contribution in [0.3, 0.4) is 0 Å². The second-order valence-electron chi connectivity index (χ2n) is 2.65. The summed E-state index contributed by atoms with van der Waals surface area (Å²) >= 11 is 0. The summed E-state index contributed by atoms with van der Waals surface area (Å²) in [5.41, 5.74) is 1.66. The summed E-state index contributed by atoms with van der Waals surface area (Å²) in [7, 11) is 3.71. The fourth-order valence-corrected chi connectivity index (χ4v) is 1.02. The lowest BCUT2D eigenvalue weighted by atomic mass is 10.3. The standard InChI is InChI=1S/C7H9N5/c1-11-4-3-6(9-11)7-5-12(2)10-8-7/h3-5H,1-2H3. The number of aryl methyl sites for hydroxylation is 2. The Balaban J connectivity index is 2.43. The zero-order valence-electron chi connectivity index (χ0n) is 6.97. The van der Waals surface area contributed by atoms with Crippen molar-refractivity contribution in [3.05, 3.63) is 18.5 Å². The number of nitrogens with zero attached hydrogens (tertiary/aromatic N) is 5. The van der Waals surface area contributed by atoms with E-state index < -0.39 is 0 Å². The van der Waals surface area contributed by atoms with Crippen LogP contribution in [0.1, 0.15) is 0 Å². The molecular formula is C7H9N5. The molecule has 0 spiro atoms. The first-order valence-corrected chi connectivity index (χ1v) is 3.62. The molecular weight excluding hydrogens is 154 g/mol. The second kappa shape index (κ2) is 2.44. The highest BCUT2D eigenvalue weighted by Gasteiger charge is 2.03. The van der Waals surface area contributed by atoms with Gasteiger partial charge in [0, 0.05) is 20.3 Å². The molecule has 0 fully saturated rings. The van der Waals surface area contributed by atoms with E-state index in [1.807, 2.05) is 32.6 Å². The first kappa shape index (κ1) is 7.02. The third-order valence-corrected chi connectivity index (χ3v) is 1.58. The van der Waals surface area contributed by atoms with Crippen LogP contribution >= 0.6 is 0 Å². The van der Waals surface area contributed by atoms with Crippen LogP contribution < -0.4 is 0 Å². The van der Waals surface area contributed by atoms with Crippen molar-refractivity contribution in [2.75, 3.05) is 0 Å². The molecule has 12 heavy (non-hydrogen) atoms. The van der Waals surface area contributed by atoms with Crippen LogP contribution in [0.4, 0.5) is 0 Å². The Morgan fingerprint density at radius 2 is 2.00 bits per heavy atom. The highest BCUT2D eigenvalue weighted by atomic mass is 15.4. The molecule has 2 heterocycles. The molecule has 0 amide bonds. The third kappa shape index (κ3) is 1.09. The minimum Gasteiger partial charge on any atom is -0.275 e. The van der Waals surface area contributed by atoms with Crippen LogP contribution in [0.2, 0.25) is 0 Å². The van der Waals surface area contributed by atoms with Crippen LogP contribution in [0, 0.1) is 0 Å². The molecule has 0 aliphatic heterocycles. The van der Waals surface area contributed by atoms with Crippen molar-refractivity contribution in [3.63, 3.8) is 0 Å². The Hall–Kier alpha value is -1.65. The number of hydrogen-bond donors (Lipinski definition) is 0. The monoisotopic (exact) mass is 163 g/mol. The van der Waals surface area contributed by atoms with Gasteiger partial charge in [-0.2, -0.15) is 5.10 Å². The minimum absolute atomic E-state index is 0.804. The summed E-state index contributed by atoms with van der Waals surface area (Å²) in [6, 6.07) is 1.91. The molecule has 5 nitrogen and oxygen atoms in total. The van der Waals surface area contributed by atoms with E-state index in [0.29, 0.717) is 0 Å². The van der Waals surface area contributed by atoms with Gasteiger partial charge in [-0.1, -0.05) is 5.21 Å². The number of aromatic nitrogens is 5. The number of hydrogen-bond acceptors (Lipinski definition) is 3. The molecule has 0 aliphatic rings. The molecule has 0 saturated heterocycles. The van der Waals surface area contributed by atoms with E-state index in [-0.39, 0.29) is 0 Å². The molecule has 0 bridgehead atoms. The maximum atomic E-state index is 4.20. The maximum absolute atomic E-state index is 4.20. The highest BCUT2D eigenvalue weighted by molar-refractivity contribution is 5.50. The van der Waals surface area contributed by atoms with Gasteiger partial charge in [-0.05, 0) is 6.07 Å². The van der Waals surface area contributed by atoms with Gasteiger partial charge in [0.15, 0.2) is 0 Å². The quantitative estimate of drug-likeness (QED) is 0.604. The lowest BCUT2D eigenvalue weighted by Crippen LogP contribution is -1.87. The molecule has 0 saturated carbocycles. The number of rotatable bonds is 1. The fraction of sp³-hybridized carbons (Fsp3) is 0.286. The zero-order chi connectivity index (χ0) is 8.55. The largest absolute Gasteiger partial charge is 0.275 e. The molecule has 62 valence electrons. The average Bonchev–Trinajstić information content (AvgIpc) is 2.58. The van der Waals surface area contributed by atoms with Gasteiger partial charge in [0.25, 0.3) is 0 Å². The maximum Gasteiger partial charge on any atom is 0.133 e. The van der Waals surface area contributed by atoms with Crippen molar-refractivity contribution >= 4 is 0 Å². The van der Waals surface area contributed by atoms with Crippen molar-refractivity contribution in [1.29, 1.82) is 0 Å². The molecule has 5 heteroatoms. The summed E-state index contributed by atoms with van der Waals surface area (Å²) in [6.45, 7) is 0. The molecule has 0 aromatic carbocycles.